The number of rotatable bonds is 4. The fourth-order valence-electron chi connectivity index (χ4n) is 2.97. The summed E-state index contributed by atoms with van der Waals surface area (Å²) in [7, 11) is 0. The molecule has 5 heteroatoms. The van der Waals surface area contributed by atoms with Gasteiger partial charge in [0.25, 0.3) is 0 Å². The number of aldehydes is 1. The molecule has 0 unspecified atom stereocenters. The van der Waals surface area contributed by atoms with E-state index in [1.165, 1.54) is 12.6 Å². The molecule has 1 heterocycles. The Morgan fingerprint density at radius 3 is 2.75 bits per heavy atom. The number of carbonyl (C=O) groups excluding carboxylic acids is 2. The molecule has 1 fully saturated rings. The number of aromatic nitrogens is 1. The van der Waals surface area contributed by atoms with Gasteiger partial charge in [0.1, 0.15) is 5.75 Å². The summed E-state index contributed by atoms with van der Waals surface area (Å²) in [5, 5.41) is 2.92. The lowest BCUT2D eigenvalue weighted by atomic mass is 9.96. The number of nitrogens with zero attached hydrogens (tertiary/aromatic N) is 1. The third kappa shape index (κ3) is 4.19. The highest BCUT2D eigenvalue weighted by molar-refractivity contribution is 5.78. The first-order valence-electron chi connectivity index (χ1n) is 8.23. The van der Waals surface area contributed by atoms with Gasteiger partial charge in [0.2, 0.25) is 0 Å². The van der Waals surface area contributed by atoms with Crippen molar-refractivity contribution in [3.8, 4) is 16.9 Å². The van der Waals surface area contributed by atoms with E-state index in [0.29, 0.717) is 11.3 Å². The van der Waals surface area contributed by atoms with Crippen LogP contribution < -0.4 is 10.1 Å². The monoisotopic (exact) mass is 324 g/mol. The molecule has 1 aliphatic carbocycles. The number of hydrogen-bond acceptors (Lipinski definition) is 4. The second kappa shape index (κ2) is 7.73. The van der Waals surface area contributed by atoms with Crippen LogP contribution in [-0.4, -0.2) is 23.4 Å². The number of nitrogens with one attached hydrogen (secondary N) is 1. The normalized spacial score (nSPS) is 14.8. The fraction of sp³-hybridized carbons (Fsp3) is 0.316. The molecular formula is C19H20N2O3. The van der Waals surface area contributed by atoms with Gasteiger partial charge in [0.05, 0.1) is 0 Å². The number of pyridine rings is 1. The Hall–Kier alpha value is -2.69. The van der Waals surface area contributed by atoms with Crippen LogP contribution in [0.25, 0.3) is 11.1 Å². The van der Waals surface area contributed by atoms with E-state index in [1.807, 2.05) is 12.1 Å². The van der Waals surface area contributed by atoms with Crippen LogP contribution in [-0.2, 0) is 0 Å². The zero-order valence-corrected chi connectivity index (χ0v) is 13.4. The molecule has 0 spiro atoms. The van der Waals surface area contributed by atoms with Crippen molar-refractivity contribution >= 4 is 12.4 Å². The first kappa shape index (κ1) is 16.2. The minimum absolute atomic E-state index is 0.211. The highest BCUT2D eigenvalue weighted by atomic mass is 16.6. The van der Waals surface area contributed by atoms with E-state index in [-0.39, 0.29) is 6.04 Å². The highest BCUT2D eigenvalue weighted by Gasteiger charge is 2.16. The lowest BCUT2D eigenvalue weighted by Gasteiger charge is -2.22. The molecule has 0 aliphatic heterocycles. The van der Waals surface area contributed by atoms with Gasteiger partial charge in [-0.3, -0.25) is 9.78 Å². The van der Waals surface area contributed by atoms with Crippen molar-refractivity contribution < 1.29 is 14.3 Å². The van der Waals surface area contributed by atoms with Gasteiger partial charge < -0.3 is 10.1 Å². The Morgan fingerprint density at radius 2 is 1.96 bits per heavy atom. The maximum atomic E-state index is 12.0. The van der Waals surface area contributed by atoms with Crippen LogP contribution in [0.3, 0.4) is 0 Å². The van der Waals surface area contributed by atoms with E-state index in [2.05, 4.69) is 10.3 Å². The Bertz CT molecular complexity index is 724. The van der Waals surface area contributed by atoms with Crippen molar-refractivity contribution in [2.75, 3.05) is 0 Å². The molecule has 0 saturated heterocycles. The molecule has 1 amide bonds. The van der Waals surface area contributed by atoms with Gasteiger partial charge in [-0.05, 0) is 36.6 Å². The SMILES string of the molecule is O=Cc1cncc(-c2cccc(OC(=O)NC3CCCCC3)c2)c1. The van der Waals surface area contributed by atoms with Gasteiger partial charge in [-0.15, -0.1) is 0 Å². The summed E-state index contributed by atoms with van der Waals surface area (Å²) in [5.41, 5.74) is 2.15. The van der Waals surface area contributed by atoms with Crippen LogP contribution in [0.4, 0.5) is 4.79 Å². The molecule has 124 valence electrons. The second-order valence-corrected chi connectivity index (χ2v) is 6.02. The van der Waals surface area contributed by atoms with Gasteiger partial charge in [-0.25, -0.2) is 4.79 Å². The lowest BCUT2D eigenvalue weighted by Crippen LogP contribution is -2.37. The van der Waals surface area contributed by atoms with Crippen LogP contribution in [0.15, 0.2) is 42.7 Å². The molecule has 0 atom stereocenters. The van der Waals surface area contributed by atoms with E-state index < -0.39 is 6.09 Å². The van der Waals surface area contributed by atoms with Crippen LogP contribution in [0.5, 0.6) is 5.75 Å². The van der Waals surface area contributed by atoms with E-state index in [0.717, 1.165) is 43.1 Å². The Labute approximate surface area is 141 Å². The fourth-order valence-corrected chi connectivity index (χ4v) is 2.97. The summed E-state index contributed by atoms with van der Waals surface area (Å²) in [5.74, 6) is 0.470. The minimum Gasteiger partial charge on any atom is -0.410 e. The lowest BCUT2D eigenvalue weighted by molar-refractivity contribution is 0.112. The highest BCUT2D eigenvalue weighted by Crippen LogP contribution is 2.24. The average molecular weight is 324 g/mol. The summed E-state index contributed by atoms with van der Waals surface area (Å²) in [6.45, 7) is 0. The van der Waals surface area contributed by atoms with Gasteiger partial charge >= 0.3 is 6.09 Å². The zero-order chi connectivity index (χ0) is 16.8. The minimum atomic E-state index is -0.418. The third-order valence-corrected chi connectivity index (χ3v) is 4.20. The molecular weight excluding hydrogens is 304 g/mol. The summed E-state index contributed by atoms with van der Waals surface area (Å²) < 4.78 is 5.40. The van der Waals surface area contributed by atoms with Crippen molar-refractivity contribution in [2.45, 2.75) is 38.1 Å². The molecule has 0 radical (unpaired) electrons. The summed E-state index contributed by atoms with van der Waals surface area (Å²) in [6.07, 6.45) is 9.10. The maximum Gasteiger partial charge on any atom is 0.412 e. The maximum absolute atomic E-state index is 12.0. The second-order valence-electron chi connectivity index (χ2n) is 6.02. The Balaban J connectivity index is 1.68. The smallest absolute Gasteiger partial charge is 0.410 e. The van der Waals surface area contributed by atoms with Crippen LogP contribution in [0.2, 0.25) is 0 Å². The van der Waals surface area contributed by atoms with Crippen molar-refractivity contribution in [3.05, 3.63) is 48.3 Å². The van der Waals surface area contributed by atoms with Gasteiger partial charge in [0.15, 0.2) is 6.29 Å². The third-order valence-electron chi connectivity index (χ3n) is 4.20. The molecule has 5 nitrogen and oxygen atoms in total. The number of hydrogen-bond donors (Lipinski definition) is 1. The molecule has 1 aromatic heterocycles. The van der Waals surface area contributed by atoms with Crippen LogP contribution >= 0.6 is 0 Å². The first-order valence-corrected chi connectivity index (χ1v) is 8.23. The number of ether oxygens (including phenoxy) is 1. The molecule has 3 rings (SSSR count). The van der Waals surface area contributed by atoms with Gasteiger partial charge in [-0.1, -0.05) is 31.4 Å². The van der Waals surface area contributed by atoms with E-state index in [9.17, 15) is 9.59 Å². The van der Waals surface area contributed by atoms with Crippen molar-refractivity contribution in [1.29, 1.82) is 0 Å². The largest absolute Gasteiger partial charge is 0.412 e. The predicted octanol–water partition coefficient (Wildman–Crippen LogP) is 3.98. The standard InChI is InChI=1S/C19H20N2O3/c22-13-14-9-16(12-20-11-14)15-5-4-8-18(10-15)24-19(23)21-17-6-2-1-3-7-17/h4-5,8-13,17H,1-3,6-7H2,(H,21,23). The summed E-state index contributed by atoms with van der Waals surface area (Å²) in [6, 6.07) is 9.17. The predicted molar refractivity (Wildman–Crippen MR) is 91.1 cm³/mol. The van der Waals surface area contributed by atoms with Crippen molar-refractivity contribution in [3.63, 3.8) is 0 Å². The average Bonchev–Trinajstić information content (AvgIpc) is 2.63. The van der Waals surface area contributed by atoms with Crippen molar-refractivity contribution in [1.82, 2.24) is 10.3 Å². The number of carbonyl (C=O) groups is 2. The molecule has 2 aromatic rings. The zero-order valence-electron chi connectivity index (χ0n) is 13.4. The van der Waals surface area contributed by atoms with Crippen LogP contribution in [0, 0.1) is 0 Å². The van der Waals surface area contributed by atoms with Gasteiger partial charge in [0, 0.05) is 29.6 Å². The quantitative estimate of drug-likeness (QED) is 0.864. The Morgan fingerprint density at radius 1 is 1.12 bits per heavy atom. The van der Waals surface area contributed by atoms with Crippen molar-refractivity contribution in [2.24, 2.45) is 0 Å². The summed E-state index contributed by atoms with van der Waals surface area (Å²) >= 11 is 0. The topological polar surface area (TPSA) is 68.3 Å². The number of benzene rings is 1. The summed E-state index contributed by atoms with van der Waals surface area (Å²) in [4.78, 5) is 27.0. The molecule has 1 N–H and O–H groups in total. The molecule has 24 heavy (non-hydrogen) atoms. The van der Waals surface area contributed by atoms with E-state index in [1.54, 1.807) is 24.4 Å². The first-order chi connectivity index (χ1) is 11.7. The molecule has 1 aromatic carbocycles. The van der Waals surface area contributed by atoms with Gasteiger partial charge in [-0.2, -0.15) is 0 Å². The molecule has 1 saturated carbocycles. The molecule has 0 bridgehead atoms. The van der Waals surface area contributed by atoms with E-state index >= 15 is 0 Å². The Kier molecular flexibility index (Phi) is 5.21. The van der Waals surface area contributed by atoms with Crippen LogP contribution in [0.1, 0.15) is 42.5 Å². The molecule has 1 aliphatic rings. The van der Waals surface area contributed by atoms with E-state index in [4.69, 9.17) is 4.74 Å². The number of amides is 1.